The van der Waals surface area contributed by atoms with E-state index in [9.17, 15) is 9.59 Å². The van der Waals surface area contributed by atoms with Crippen LogP contribution in [0.4, 0.5) is 11.4 Å². The summed E-state index contributed by atoms with van der Waals surface area (Å²) in [6, 6.07) is 4.32. The molecule has 0 saturated heterocycles. The molecule has 0 heterocycles. The predicted octanol–water partition coefficient (Wildman–Crippen LogP) is 1.36. The van der Waals surface area contributed by atoms with E-state index >= 15 is 0 Å². The van der Waals surface area contributed by atoms with Crippen molar-refractivity contribution in [2.75, 3.05) is 17.7 Å². The summed E-state index contributed by atoms with van der Waals surface area (Å²) < 4.78 is 5.12. The lowest BCUT2D eigenvalue weighted by Crippen LogP contribution is -2.32. The van der Waals surface area contributed by atoms with Gasteiger partial charge in [-0.15, -0.1) is 12.4 Å². The monoisotopic (exact) mass is 287 g/mol. The Bertz CT molecular complexity index is 464. The summed E-state index contributed by atoms with van der Waals surface area (Å²) in [5, 5.41) is 5.26. The van der Waals surface area contributed by atoms with Crippen LogP contribution in [-0.2, 0) is 9.59 Å². The first-order valence-corrected chi connectivity index (χ1v) is 5.46. The Morgan fingerprint density at radius 1 is 1.32 bits per heavy atom. The van der Waals surface area contributed by atoms with Crippen molar-refractivity contribution in [1.29, 1.82) is 0 Å². The van der Waals surface area contributed by atoms with Crippen LogP contribution in [0.5, 0.6) is 5.75 Å². The van der Waals surface area contributed by atoms with Crippen molar-refractivity contribution in [3.05, 3.63) is 18.2 Å². The van der Waals surface area contributed by atoms with E-state index in [-0.39, 0.29) is 24.2 Å². The van der Waals surface area contributed by atoms with E-state index in [0.29, 0.717) is 17.1 Å². The topological polar surface area (TPSA) is 93.5 Å². The lowest BCUT2D eigenvalue weighted by atomic mass is 10.2. The lowest BCUT2D eigenvalue weighted by Gasteiger charge is -2.13. The minimum atomic E-state index is -0.626. The fraction of sp³-hybridized carbons (Fsp3) is 0.333. The number of nitrogens with one attached hydrogen (secondary N) is 2. The van der Waals surface area contributed by atoms with Crippen molar-refractivity contribution < 1.29 is 14.3 Å². The Kier molecular flexibility index (Phi) is 6.89. The van der Waals surface area contributed by atoms with Crippen LogP contribution in [-0.4, -0.2) is 25.0 Å². The highest BCUT2D eigenvalue weighted by atomic mass is 35.5. The van der Waals surface area contributed by atoms with Crippen molar-refractivity contribution in [3.8, 4) is 5.75 Å². The minimum absolute atomic E-state index is 0. The zero-order valence-electron chi connectivity index (χ0n) is 11.0. The van der Waals surface area contributed by atoms with Gasteiger partial charge in [0, 0.05) is 12.6 Å². The molecule has 1 aromatic rings. The first-order chi connectivity index (χ1) is 8.43. The maximum Gasteiger partial charge on any atom is 0.241 e. The Balaban J connectivity index is 0.00000324. The molecule has 19 heavy (non-hydrogen) atoms. The number of benzene rings is 1. The molecule has 6 nitrogen and oxygen atoms in total. The van der Waals surface area contributed by atoms with E-state index in [1.165, 1.54) is 14.0 Å². The Labute approximate surface area is 118 Å². The van der Waals surface area contributed by atoms with Crippen LogP contribution in [0.2, 0.25) is 0 Å². The second kappa shape index (κ2) is 7.60. The number of carbonyl (C=O) groups is 2. The maximum absolute atomic E-state index is 11.5. The molecule has 7 heteroatoms. The molecular formula is C12H18ClN3O3. The van der Waals surface area contributed by atoms with Crippen molar-refractivity contribution in [3.63, 3.8) is 0 Å². The fourth-order valence-electron chi connectivity index (χ4n) is 1.33. The van der Waals surface area contributed by atoms with E-state index in [4.69, 9.17) is 10.5 Å². The van der Waals surface area contributed by atoms with Crippen LogP contribution in [0.25, 0.3) is 0 Å². The molecule has 0 radical (unpaired) electrons. The second-order valence-electron chi connectivity index (χ2n) is 3.87. The van der Waals surface area contributed by atoms with Gasteiger partial charge in [0.25, 0.3) is 0 Å². The molecule has 0 aliphatic carbocycles. The third-order valence-corrected chi connectivity index (χ3v) is 2.19. The summed E-state index contributed by atoms with van der Waals surface area (Å²) in [7, 11) is 1.49. The second-order valence-corrected chi connectivity index (χ2v) is 3.87. The zero-order valence-corrected chi connectivity index (χ0v) is 11.8. The van der Waals surface area contributed by atoms with Crippen LogP contribution >= 0.6 is 12.4 Å². The van der Waals surface area contributed by atoms with Gasteiger partial charge in [-0.25, -0.2) is 0 Å². The summed E-state index contributed by atoms with van der Waals surface area (Å²) in [6.45, 7) is 2.99. The van der Waals surface area contributed by atoms with Gasteiger partial charge in [-0.1, -0.05) is 0 Å². The molecule has 2 amide bonds. The molecule has 4 N–H and O–H groups in total. The van der Waals surface area contributed by atoms with Gasteiger partial charge >= 0.3 is 0 Å². The zero-order chi connectivity index (χ0) is 13.7. The molecule has 1 aromatic carbocycles. The molecule has 0 fully saturated rings. The quantitative estimate of drug-likeness (QED) is 0.779. The predicted molar refractivity (Wildman–Crippen MR) is 76.8 cm³/mol. The van der Waals surface area contributed by atoms with Crippen LogP contribution in [0.15, 0.2) is 18.2 Å². The number of anilines is 2. The number of methoxy groups -OCH3 is 1. The maximum atomic E-state index is 11.5. The highest BCUT2D eigenvalue weighted by Gasteiger charge is 2.12. The normalized spacial score (nSPS) is 10.9. The third-order valence-electron chi connectivity index (χ3n) is 2.19. The van der Waals surface area contributed by atoms with Crippen molar-refractivity contribution in [1.82, 2.24) is 0 Å². The van der Waals surface area contributed by atoms with Gasteiger partial charge in [-0.3, -0.25) is 9.59 Å². The molecule has 0 aliphatic rings. The third kappa shape index (κ3) is 5.15. The first-order valence-electron chi connectivity index (χ1n) is 5.46. The summed E-state index contributed by atoms with van der Waals surface area (Å²) in [6.07, 6.45) is 0. The van der Waals surface area contributed by atoms with Crippen LogP contribution in [0.3, 0.4) is 0 Å². The van der Waals surface area contributed by atoms with E-state index in [2.05, 4.69) is 10.6 Å². The first kappa shape index (κ1) is 17.2. The number of rotatable bonds is 4. The van der Waals surface area contributed by atoms with Crippen LogP contribution in [0.1, 0.15) is 13.8 Å². The molecule has 1 atom stereocenters. The van der Waals surface area contributed by atoms with E-state index < -0.39 is 6.04 Å². The number of halogens is 1. The Morgan fingerprint density at radius 3 is 2.42 bits per heavy atom. The smallest absolute Gasteiger partial charge is 0.241 e. The Morgan fingerprint density at radius 2 is 1.95 bits per heavy atom. The van der Waals surface area contributed by atoms with Crippen LogP contribution < -0.4 is 21.1 Å². The van der Waals surface area contributed by atoms with Gasteiger partial charge in [0.15, 0.2) is 0 Å². The summed E-state index contributed by atoms with van der Waals surface area (Å²) in [5.41, 5.74) is 6.51. The minimum Gasteiger partial charge on any atom is -0.495 e. The molecular weight excluding hydrogens is 270 g/mol. The van der Waals surface area contributed by atoms with Crippen LogP contribution in [0, 0.1) is 0 Å². The van der Waals surface area contributed by atoms with Crippen molar-refractivity contribution in [2.24, 2.45) is 5.73 Å². The van der Waals surface area contributed by atoms with Gasteiger partial charge in [0.1, 0.15) is 5.75 Å². The lowest BCUT2D eigenvalue weighted by molar-refractivity contribution is -0.117. The number of carbonyl (C=O) groups excluding carboxylic acids is 2. The molecule has 0 aliphatic heterocycles. The molecule has 0 saturated carbocycles. The van der Waals surface area contributed by atoms with Gasteiger partial charge in [-0.2, -0.15) is 0 Å². The van der Waals surface area contributed by atoms with Crippen molar-refractivity contribution in [2.45, 2.75) is 19.9 Å². The molecule has 0 aromatic heterocycles. The molecule has 1 unspecified atom stereocenters. The average Bonchev–Trinajstić information content (AvgIpc) is 2.28. The summed E-state index contributed by atoms with van der Waals surface area (Å²) in [5.74, 6) is -0.0176. The standard InChI is InChI=1S/C12H17N3O3.ClH/c1-7(13)12(17)15-10-6-9(14-8(2)16)4-5-11(10)18-3;/h4-7H,13H2,1-3H3,(H,14,16)(H,15,17);1H. The summed E-state index contributed by atoms with van der Waals surface area (Å²) >= 11 is 0. The fourth-order valence-corrected chi connectivity index (χ4v) is 1.33. The Hall–Kier alpha value is -1.79. The van der Waals surface area contributed by atoms with E-state index in [1.54, 1.807) is 25.1 Å². The highest BCUT2D eigenvalue weighted by Crippen LogP contribution is 2.27. The molecule has 0 bridgehead atoms. The highest BCUT2D eigenvalue weighted by molar-refractivity contribution is 5.97. The number of amides is 2. The van der Waals surface area contributed by atoms with E-state index in [1.807, 2.05) is 0 Å². The van der Waals surface area contributed by atoms with Crippen molar-refractivity contribution >= 4 is 35.6 Å². The number of nitrogens with two attached hydrogens (primary N) is 1. The van der Waals surface area contributed by atoms with E-state index in [0.717, 1.165) is 0 Å². The number of hydrogen-bond acceptors (Lipinski definition) is 4. The number of ether oxygens (including phenoxy) is 1. The average molecular weight is 288 g/mol. The largest absolute Gasteiger partial charge is 0.495 e. The van der Waals surface area contributed by atoms with Gasteiger partial charge in [-0.05, 0) is 25.1 Å². The van der Waals surface area contributed by atoms with Gasteiger partial charge in [0.05, 0.1) is 18.8 Å². The molecule has 1 rings (SSSR count). The SMILES string of the molecule is COc1ccc(NC(C)=O)cc1NC(=O)C(C)N.Cl. The van der Waals surface area contributed by atoms with Gasteiger partial charge < -0.3 is 21.1 Å². The molecule has 106 valence electrons. The number of hydrogen-bond donors (Lipinski definition) is 3. The van der Waals surface area contributed by atoms with Gasteiger partial charge in [0.2, 0.25) is 11.8 Å². The molecule has 0 spiro atoms. The summed E-state index contributed by atoms with van der Waals surface area (Å²) in [4.78, 5) is 22.5.